The number of hydrogen-bond donors (Lipinski definition) is 2. The Labute approximate surface area is 173 Å². The van der Waals surface area contributed by atoms with Crippen LogP contribution in [0.2, 0.25) is 0 Å². The van der Waals surface area contributed by atoms with Crippen molar-refractivity contribution in [3.05, 3.63) is 64.7 Å². The number of anilines is 1. The number of aryl methyl sites for hydroxylation is 2. The second-order valence-corrected chi connectivity index (χ2v) is 8.15. The molecule has 1 heterocycles. The molecule has 3 rings (SSSR count). The molecule has 0 radical (unpaired) electrons. The highest BCUT2D eigenvalue weighted by molar-refractivity contribution is 5.95. The highest BCUT2D eigenvalue weighted by Crippen LogP contribution is 2.21. The largest absolute Gasteiger partial charge is 0.376 e. The van der Waals surface area contributed by atoms with Gasteiger partial charge in [0.1, 0.15) is 0 Å². The number of likely N-dealkylation sites (tertiary alicyclic amines) is 1. The summed E-state index contributed by atoms with van der Waals surface area (Å²) in [6.45, 7) is 8.58. The first-order chi connectivity index (χ1) is 13.9. The smallest absolute Gasteiger partial charge is 0.253 e. The maximum Gasteiger partial charge on any atom is 0.253 e. The summed E-state index contributed by atoms with van der Waals surface area (Å²) in [5.41, 5.74) is 4.82. The number of rotatable bonds is 6. The number of piperidine rings is 1. The number of benzene rings is 2. The van der Waals surface area contributed by atoms with E-state index in [1.54, 1.807) is 0 Å². The predicted octanol–water partition coefficient (Wildman–Crippen LogP) is 3.90. The fourth-order valence-electron chi connectivity index (χ4n) is 3.81. The molecule has 1 aliphatic heterocycles. The van der Waals surface area contributed by atoms with Gasteiger partial charge in [-0.25, -0.2) is 0 Å². The average molecular weight is 394 g/mol. The first-order valence-corrected chi connectivity index (χ1v) is 10.4. The van der Waals surface area contributed by atoms with E-state index in [1.807, 2.05) is 55.1 Å². The van der Waals surface area contributed by atoms with Gasteiger partial charge in [0.25, 0.3) is 5.91 Å². The molecular weight excluding hydrogens is 362 g/mol. The summed E-state index contributed by atoms with van der Waals surface area (Å²) in [5, 5.41) is 6.11. The van der Waals surface area contributed by atoms with Crippen LogP contribution in [0.25, 0.3) is 0 Å². The van der Waals surface area contributed by atoms with E-state index < -0.39 is 0 Å². The molecule has 5 heteroatoms. The third-order valence-corrected chi connectivity index (χ3v) is 5.43. The molecule has 0 aromatic heterocycles. The summed E-state index contributed by atoms with van der Waals surface area (Å²) < 4.78 is 0. The molecule has 5 nitrogen and oxygen atoms in total. The molecule has 2 N–H and O–H groups in total. The molecule has 2 aromatic carbocycles. The van der Waals surface area contributed by atoms with Crippen LogP contribution in [0.3, 0.4) is 0 Å². The van der Waals surface area contributed by atoms with Crippen molar-refractivity contribution >= 4 is 17.5 Å². The van der Waals surface area contributed by atoms with Gasteiger partial charge in [0.2, 0.25) is 5.91 Å². The second kappa shape index (κ2) is 9.59. The minimum atomic E-state index is -0.0617. The zero-order valence-corrected chi connectivity index (χ0v) is 17.6. The number of amides is 2. The van der Waals surface area contributed by atoms with Crippen molar-refractivity contribution in [1.29, 1.82) is 0 Å². The van der Waals surface area contributed by atoms with Crippen LogP contribution in [0.4, 0.5) is 5.69 Å². The van der Waals surface area contributed by atoms with Gasteiger partial charge in [-0.2, -0.15) is 0 Å². The van der Waals surface area contributed by atoms with Crippen LogP contribution in [0, 0.1) is 19.8 Å². The molecule has 2 aromatic rings. The van der Waals surface area contributed by atoms with Crippen LogP contribution in [0.15, 0.2) is 42.5 Å². The summed E-state index contributed by atoms with van der Waals surface area (Å²) >= 11 is 0. The van der Waals surface area contributed by atoms with Gasteiger partial charge in [-0.15, -0.1) is 0 Å². The monoisotopic (exact) mass is 393 g/mol. The number of nitrogens with zero attached hydrogens (tertiary/aromatic N) is 1. The number of carbonyl (C=O) groups is 2. The third-order valence-electron chi connectivity index (χ3n) is 5.43. The van der Waals surface area contributed by atoms with E-state index in [0.29, 0.717) is 18.0 Å². The van der Waals surface area contributed by atoms with E-state index >= 15 is 0 Å². The average Bonchev–Trinajstić information content (AvgIpc) is 2.71. The summed E-state index contributed by atoms with van der Waals surface area (Å²) in [5.74, 6) is 0.600. The molecule has 1 saturated heterocycles. The maximum atomic E-state index is 12.8. The molecule has 0 bridgehead atoms. The van der Waals surface area contributed by atoms with Crippen molar-refractivity contribution in [3.63, 3.8) is 0 Å². The Morgan fingerprint density at radius 2 is 1.97 bits per heavy atom. The van der Waals surface area contributed by atoms with Crippen molar-refractivity contribution < 1.29 is 9.59 Å². The Morgan fingerprint density at radius 1 is 1.14 bits per heavy atom. The molecule has 0 saturated carbocycles. The van der Waals surface area contributed by atoms with Crippen LogP contribution in [0.5, 0.6) is 0 Å². The second-order valence-electron chi connectivity index (χ2n) is 8.15. The molecule has 1 unspecified atom stereocenters. The lowest BCUT2D eigenvalue weighted by atomic mass is 9.99. The molecule has 1 aliphatic rings. The lowest BCUT2D eigenvalue weighted by Crippen LogP contribution is -2.39. The van der Waals surface area contributed by atoms with Crippen molar-refractivity contribution in [2.75, 3.05) is 25.0 Å². The Morgan fingerprint density at radius 3 is 2.69 bits per heavy atom. The standard InChI is InChI=1S/C24H31N3O2/c1-17-6-4-8-20(12-17)14-26-23(28)15-25-22-10-9-21(13-19(22)3)24(29)27-11-5-7-18(2)16-27/h4,6,8-10,12-13,18,25H,5,7,11,14-16H2,1-3H3,(H,26,28). The first-order valence-electron chi connectivity index (χ1n) is 10.4. The van der Waals surface area contributed by atoms with Crippen molar-refractivity contribution in [1.82, 2.24) is 10.2 Å². The molecule has 1 fully saturated rings. The molecular formula is C24H31N3O2. The third kappa shape index (κ3) is 5.83. The van der Waals surface area contributed by atoms with Crippen LogP contribution >= 0.6 is 0 Å². The maximum absolute atomic E-state index is 12.8. The lowest BCUT2D eigenvalue weighted by molar-refractivity contribution is -0.119. The van der Waals surface area contributed by atoms with Crippen molar-refractivity contribution in [2.24, 2.45) is 5.92 Å². The van der Waals surface area contributed by atoms with Crippen LogP contribution < -0.4 is 10.6 Å². The van der Waals surface area contributed by atoms with E-state index in [-0.39, 0.29) is 18.4 Å². The summed E-state index contributed by atoms with van der Waals surface area (Å²) in [6.07, 6.45) is 2.26. The van der Waals surface area contributed by atoms with E-state index in [2.05, 4.69) is 23.6 Å². The normalized spacial score (nSPS) is 16.4. The molecule has 29 heavy (non-hydrogen) atoms. The topological polar surface area (TPSA) is 61.4 Å². The minimum absolute atomic E-state index is 0.0617. The summed E-state index contributed by atoms with van der Waals surface area (Å²) in [4.78, 5) is 26.9. The van der Waals surface area contributed by atoms with E-state index in [4.69, 9.17) is 0 Å². The first kappa shape index (κ1) is 20.9. The molecule has 1 atom stereocenters. The van der Waals surface area contributed by atoms with Crippen LogP contribution in [-0.4, -0.2) is 36.3 Å². The minimum Gasteiger partial charge on any atom is -0.376 e. The van der Waals surface area contributed by atoms with E-state index in [0.717, 1.165) is 36.3 Å². The molecule has 154 valence electrons. The highest BCUT2D eigenvalue weighted by Gasteiger charge is 2.22. The number of carbonyl (C=O) groups excluding carboxylic acids is 2. The lowest BCUT2D eigenvalue weighted by Gasteiger charge is -2.31. The van der Waals surface area contributed by atoms with Crippen molar-refractivity contribution in [3.8, 4) is 0 Å². The van der Waals surface area contributed by atoms with Gasteiger partial charge < -0.3 is 15.5 Å². The van der Waals surface area contributed by atoms with Gasteiger partial charge in [0.15, 0.2) is 0 Å². The van der Waals surface area contributed by atoms with Gasteiger partial charge in [0.05, 0.1) is 6.54 Å². The molecule has 0 spiro atoms. The SMILES string of the molecule is Cc1cccc(CNC(=O)CNc2ccc(C(=O)N3CCCC(C)C3)cc2C)c1. The van der Waals surface area contributed by atoms with Gasteiger partial charge in [-0.3, -0.25) is 9.59 Å². The Balaban J connectivity index is 1.52. The predicted molar refractivity (Wildman–Crippen MR) is 117 cm³/mol. The summed E-state index contributed by atoms with van der Waals surface area (Å²) in [7, 11) is 0. The van der Waals surface area contributed by atoms with E-state index in [1.165, 1.54) is 12.0 Å². The van der Waals surface area contributed by atoms with Crippen molar-refractivity contribution in [2.45, 2.75) is 40.2 Å². The fourth-order valence-corrected chi connectivity index (χ4v) is 3.81. The van der Waals surface area contributed by atoms with E-state index in [9.17, 15) is 9.59 Å². The highest BCUT2D eigenvalue weighted by atomic mass is 16.2. The number of nitrogens with one attached hydrogen (secondary N) is 2. The molecule has 2 amide bonds. The summed E-state index contributed by atoms with van der Waals surface area (Å²) in [6, 6.07) is 13.8. The van der Waals surface area contributed by atoms with Crippen LogP contribution in [0.1, 0.15) is 46.8 Å². The quantitative estimate of drug-likeness (QED) is 0.782. The van der Waals surface area contributed by atoms with Crippen LogP contribution in [-0.2, 0) is 11.3 Å². The van der Waals surface area contributed by atoms with Gasteiger partial charge in [0, 0.05) is 30.9 Å². The van der Waals surface area contributed by atoms with Gasteiger partial charge >= 0.3 is 0 Å². The fraction of sp³-hybridized carbons (Fsp3) is 0.417. The number of hydrogen-bond acceptors (Lipinski definition) is 3. The zero-order chi connectivity index (χ0) is 20.8. The zero-order valence-electron chi connectivity index (χ0n) is 17.6. The van der Waals surface area contributed by atoms with Gasteiger partial charge in [-0.1, -0.05) is 36.8 Å². The Kier molecular flexibility index (Phi) is 6.91. The Hall–Kier alpha value is -2.82. The Bertz CT molecular complexity index is 878. The van der Waals surface area contributed by atoms with Gasteiger partial charge in [-0.05, 0) is 61.9 Å². The molecule has 0 aliphatic carbocycles.